The minimum absolute atomic E-state index is 0.0415. The number of benzene rings is 2. The maximum Gasteiger partial charge on any atom is 0.303 e. The number of carboxylic acids is 1. The third kappa shape index (κ3) is 5.79. The van der Waals surface area contributed by atoms with E-state index in [2.05, 4.69) is 9.88 Å². The summed E-state index contributed by atoms with van der Waals surface area (Å²) in [6.45, 7) is 3.55. The van der Waals surface area contributed by atoms with Crippen LogP contribution in [0.15, 0.2) is 42.5 Å². The zero-order valence-corrected chi connectivity index (χ0v) is 23.1. The lowest BCUT2D eigenvalue weighted by Crippen LogP contribution is -2.45. The second kappa shape index (κ2) is 11.7. The van der Waals surface area contributed by atoms with Gasteiger partial charge >= 0.3 is 5.97 Å². The second-order valence-corrected chi connectivity index (χ2v) is 11.3. The van der Waals surface area contributed by atoms with Crippen molar-refractivity contribution in [3.8, 4) is 5.75 Å². The number of carbonyl (C=O) groups excluding carboxylic acids is 2. The average Bonchev–Trinajstić information content (AvgIpc) is 3.70. The van der Waals surface area contributed by atoms with Crippen LogP contribution < -0.4 is 10.5 Å². The molecule has 2 amide bonds. The number of rotatable bonds is 10. The van der Waals surface area contributed by atoms with Crippen molar-refractivity contribution in [1.29, 1.82) is 0 Å². The molecule has 0 aliphatic carbocycles. The Kier molecular flexibility index (Phi) is 7.78. The highest BCUT2D eigenvalue weighted by Crippen LogP contribution is 2.31. The van der Waals surface area contributed by atoms with Crippen molar-refractivity contribution >= 4 is 28.7 Å². The Morgan fingerprint density at radius 3 is 2.81 bits per heavy atom. The number of fused-ring (bicyclic) bond motifs is 2. The normalized spacial score (nSPS) is 21.2. The first kappa shape index (κ1) is 28.0. The number of nitrogens with two attached hydrogens (primary N) is 1. The molecule has 3 aliphatic rings. The molecule has 2 fully saturated rings. The number of carboxylic acid groups (broad SMARTS) is 1. The first-order valence-corrected chi connectivity index (χ1v) is 14.3. The van der Waals surface area contributed by atoms with Gasteiger partial charge in [0, 0.05) is 61.8 Å². The fraction of sp³-hybridized carbons (Fsp3) is 0.419. The predicted octanol–water partition coefficient (Wildman–Crippen LogP) is 3.21. The predicted molar refractivity (Wildman–Crippen MR) is 150 cm³/mol. The third-order valence-electron chi connectivity index (χ3n) is 8.36. The summed E-state index contributed by atoms with van der Waals surface area (Å²) in [4.78, 5) is 44.1. The molecule has 0 saturated carbocycles. The molecule has 3 aliphatic heterocycles. The number of pyridine rings is 1. The maximum absolute atomic E-state index is 15.1. The smallest absolute Gasteiger partial charge is 0.303 e. The van der Waals surface area contributed by atoms with Gasteiger partial charge in [-0.25, -0.2) is 9.37 Å². The summed E-state index contributed by atoms with van der Waals surface area (Å²) in [7, 11) is 0. The van der Waals surface area contributed by atoms with Gasteiger partial charge in [-0.15, -0.1) is 0 Å². The molecule has 2 aromatic carbocycles. The highest BCUT2D eigenvalue weighted by Gasteiger charge is 2.36. The molecule has 3 atom stereocenters. The van der Waals surface area contributed by atoms with Crippen molar-refractivity contribution < 1.29 is 33.4 Å². The van der Waals surface area contributed by atoms with Crippen LogP contribution in [0, 0.1) is 5.82 Å². The van der Waals surface area contributed by atoms with E-state index in [9.17, 15) is 14.4 Å². The van der Waals surface area contributed by atoms with Gasteiger partial charge in [0.25, 0.3) is 5.91 Å². The molecule has 220 valence electrons. The van der Waals surface area contributed by atoms with Crippen molar-refractivity contribution in [3.05, 3.63) is 70.7 Å². The molecule has 10 nitrogen and oxygen atoms in total. The van der Waals surface area contributed by atoms with E-state index in [0.29, 0.717) is 48.7 Å². The van der Waals surface area contributed by atoms with E-state index >= 15 is 4.39 Å². The molecule has 2 saturated heterocycles. The molecule has 1 unspecified atom stereocenters. The summed E-state index contributed by atoms with van der Waals surface area (Å²) >= 11 is 0. The Morgan fingerprint density at radius 1 is 1.19 bits per heavy atom. The van der Waals surface area contributed by atoms with Gasteiger partial charge in [-0.2, -0.15) is 0 Å². The van der Waals surface area contributed by atoms with Crippen LogP contribution in [-0.4, -0.2) is 76.1 Å². The highest BCUT2D eigenvalue weighted by molar-refractivity contribution is 6.01. The van der Waals surface area contributed by atoms with E-state index in [1.807, 2.05) is 18.2 Å². The number of primary amides is 1. The second-order valence-electron chi connectivity index (χ2n) is 11.3. The Labute approximate surface area is 242 Å². The number of halogens is 1. The Hall–Kier alpha value is -4.09. The zero-order valence-electron chi connectivity index (χ0n) is 23.1. The van der Waals surface area contributed by atoms with Crippen molar-refractivity contribution in [1.82, 2.24) is 14.8 Å². The van der Waals surface area contributed by atoms with Gasteiger partial charge in [0.15, 0.2) is 0 Å². The Morgan fingerprint density at radius 2 is 2.05 bits per heavy atom. The lowest BCUT2D eigenvalue weighted by Gasteiger charge is -2.24. The Bertz CT molecular complexity index is 1540. The molecule has 3 N–H and O–H groups in total. The number of carbonyl (C=O) groups is 3. The van der Waals surface area contributed by atoms with E-state index in [-0.39, 0.29) is 43.1 Å². The van der Waals surface area contributed by atoms with Crippen LogP contribution in [0.25, 0.3) is 10.9 Å². The summed E-state index contributed by atoms with van der Waals surface area (Å²) < 4.78 is 26.8. The van der Waals surface area contributed by atoms with Crippen LogP contribution in [-0.2, 0) is 27.4 Å². The maximum atomic E-state index is 15.1. The molecular weight excluding hydrogens is 543 g/mol. The summed E-state index contributed by atoms with van der Waals surface area (Å²) in [6, 6.07) is 11.7. The lowest BCUT2D eigenvalue weighted by molar-refractivity contribution is -0.137. The molecule has 0 spiro atoms. The van der Waals surface area contributed by atoms with Crippen molar-refractivity contribution in [2.24, 2.45) is 5.73 Å². The standard InChI is InChI=1S/C31H33FN4O6/c32-25-12-18(11-19-1-4-26(34-29(19)25)20-8-10-41-17-20)14-35-9-7-23(16-35)42-22-2-3-24-21(13-22)15-36(31(24)40)27(30(33)39)5-6-28(37)38/h1-4,11-13,20,23,27H,5-10,14-17H2,(H2,33,39)(H,37,38)/t20?,23-,27-/m0/s1. The minimum Gasteiger partial charge on any atom is -0.489 e. The largest absolute Gasteiger partial charge is 0.489 e. The van der Waals surface area contributed by atoms with Crippen molar-refractivity contribution in [3.63, 3.8) is 0 Å². The quantitative estimate of drug-likeness (QED) is 0.376. The number of likely N-dealkylation sites (tertiary alicyclic amines) is 1. The molecule has 4 heterocycles. The van der Waals surface area contributed by atoms with Gasteiger partial charge in [0.2, 0.25) is 5.91 Å². The number of hydrogen-bond acceptors (Lipinski definition) is 7. The number of hydrogen-bond donors (Lipinski definition) is 2. The fourth-order valence-corrected chi connectivity index (χ4v) is 6.20. The van der Waals surface area contributed by atoms with E-state index in [0.717, 1.165) is 36.0 Å². The van der Waals surface area contributed by atoms with E-state index in [1.54, 1.807) is 24.3 Å². The monoisotopic (exact) mass is 576 g/mol. The number of nitrogens with zero attached hydrogens (tertiary/aromatic N) is 3. The molecule has 42 heavy (non-hydrogen) atoms. The average molecular weight is 577 g/mol. The van der Waals surface area contributed by atoms with Gasteiger partial charge in [-0.3, -0.25) is 19.3 Å². The van der Waals surface area contributed by atoms with E-state index < -0.39 is 17.9 Å². The van der Waals surface area contributed by atoms with Crippen LogP contribution in [0.3, 0.4) is 0 Å². The number of aliphatic carboxylic acids is 1. The summed E-state index contributed by atoms with van der Waals surface area (Å²) in [6.07, 6.45) is 1.32. The number of aromatic nitrogens is 1. The number of amides is 2. The van der Waals surface area contributed by atoms with Gasteiger partial charge in [-0.05, 0) is 66.8 Å². The Balaban J connectivity index is 1.08. The van der Waals surface area contributed by atoms with Gasteiger partial charge in [0.05, 0.1) is 6.61 Å². The lowest BCUT2D eigenvalue weighted by atomic mass is 10.0. The van der Waals surface area contributed by atoms with Crippen LogP contribution in [0.4, 0.5) is 4.39 Å². The van der Waals surface area contributed by atoms with Crippen LogP contribution in [0.1, 0.15) is 58.8 Å². The molecule has 0 radical (unpaired) electrons. The molecule has 6 rings (SSSR count). The molecule has 1 aromatic heterocycles. The van der Waals surface area contributed by atoms with Crippen LogP contribution in [0.2, 0.25) is 0 Å². The molecule has 11 heteroatoms. The topological polar surface area (TPSA) is 135 Å². The SMILES string of the molecule is NC(=O)[C@H](CCC(=O)O)N1Cc2cc(O[C@H]3CCN(Cc4cc(F)c5nc(C6CCOC6)ccc5c4)C3)ccc2C1=O. The minimum atomic E-state index is -1.06. The van der Waals surface area contributed by atoms with Crippen molar-refractivity contribution in [2.45, 2.75) is 56.8 Å². The van der Waals surface area contributed by atoms with Crippen molar-refractivity contribution in [2.75, 3.05) is 26.3 Å². The molecule has 3 aromatic rings. The van der Waals surface area contributed by atoms with Gasteiger partial charge in [0.1, 0.15) is 29.2 Å². The van der Waals surface area contributed by atoms with E-state index in [4.69, 9.17) is 20.3 Å². The van der Waals surface area contributed by atoms with Gasteiger partial charge in [-0.1, -0.05) is 6.07 Å². The zero-order chi connectivity index (χ0) is 29.4. The fourth-order valence-electron chi connectivity index (χ4n) is 6.20. The summed E-state index contributed by atoms with van der Waals surface area (Å²) in [5.74, 6) is -1.62. The first-order valence-electron chi connectivity index (χ1n) is 14.3. The third-order valence-corrected chi connectivity index (χ3v) is 8.36. The van der Waals surface area contributed by atoms with Gasteiger partial charge < -0.3 is 25.2 Å². The molecule has 0 bridgehead atoms. The van der Waals surface area contributed by atoms with E-state index in [1.165, 1.54) is 4.90 Å². The molecular formula is C31H33FN4O6. The van der Waals surface area contributed by atoms with Crippen LogP contribution in [0.5, 0.6) is 5.75 Å². The summed E-state index contributed by atoms with van der Waals surface area (Å²) in [5.41, 5.74) is 8.79. The number of ether oxygens (including phenoxy) is 2. The van der Waals surface area contributed by atoms with Crippen LogP contribution >= 0.6 is 0 Å². The highest BCUT2D eigenvalue weighted by atomic mass is 19.1. The first-order chi connectivity index (χ1) is 20.2. The summed E-state index contributed by atoms with van der Waals surface area (Å²) in [5, 5.41) is 9.78.